The summed E-state index contributed by atoms with van der Waals surface area (Å²) in [6.07, 6.45) is 0. The van der Waals surface area contributed by atoms with Crippen LogP contribution in [0, 0.1) is 0 Å². The zero-order valence-electron chi connectivity index (χ0n) is 7.01. The number of halogens is 2. The van der Waals surface area contributed by atoms with Crippen LogP contribution in [0.25, 0.3) is 0 Å². The average Bonchev–Trinajstić information content (AvgIpc) is 2.16. The number of carbonyl (C=O) groups excluding carboxylic acids is 1. The summed E-state index contributed by atoms with van der Waals surface area (Å²) < 4.78 is 4.62. The lowest BCUT2D eigenvalue weighted by molar-refractivity contribution is 0.0600. The molecule has 0 N–H and O–H groups in total. The summed E-state index contributed by atoms with van der Waals surface area (Å²) in [5.41, 5.74) is 1.27. The second kappa shape index (κ2) is 4.63. The quantitative estimate of drug-likeness (QED) is 0.605. The van der Waals surface area contributed by atoms with Crippen molar-refractivity contribution in [3.63, 3.8) is 0 Å². The number of hydrogen-bond acceptors (Lipinski definition) is 2. The minimum absolute atomic E-state index is 0.364. The predicted octanol–water partition coefficient (Wildman–Crippen LogP) is 3.02. The third-order valence-corrected chi connectivity index (χ3v) is 2.57. The van der Waals surface area contributed by atoms with Gasteiger partial charge in [0, 0.05) is 10.4 Å². The van der Waals surface area contributed by atoms with Gasteiger partial charge < -0.3 is 4.74 Å². The molecule has 0 aliphatic rings. The molecule has 0 aliphatic heterocycles. The topological polar surface area (TPSA) is 26.3 Å². The number of alkyl halides is 1. The van der Waals surface area contributed by atoms with E-state index in [0.717, 1.165) is 5.56 Å². The Labute approximate surface area is 90.0 Å². The summed E-state index contributed by atoms with van der Waals surface area (Å²) in [5, 5.41) is 1.11. The molecule has 0 amide bonds. The zero-order chi connectivity index (χ0) is 9.84. The van der Waals surface area contributed by atoms with Crippen molar-refractivity contribution in [2.24, 2.45) is 0 Å². The largest absolute Gasteiger partial charge is 0.465 e. The van der Waals surface area contributed by atoms with Gasteiger partial charge in [0.25, 0.3) is 0 Å². The highest BCUT2D eigenvalue weighted by molar-refractivity contribution is 9.08. The minimum Gasteiger partial charge on any atom is -0.465 e. The average molecular weight is 264 g/mol. The molecule has 0 atom stereocenters. The Bertz CT molecular complexity index is 325. The van der Waals surface area contributed by atoms with Crippen molar-refractivity contribution in [3.8, 4) is 0 Å². The molecule has 0 aliphatic carbocycles. The molecule has 0 fully saturated rings. The molecule has 70 valence electrons. The normalized spacial score (nSPS) is 9.77. The van der Waals surface area contributed by atoms with E-state index in [2.05, 4.69) is 20.7 Å². The van der Waals surface area contributed by atoms with Gasteiger partial charge in [0.1, 0.15) is 0 Å². The Morgan fingerprint density at radius 2 is 2.31 bits per heavy atom. The van der Waals surface area contributed by atoms with E-state index < -0.39 is 0 Å². The van der Waals surface area contributed by atoms with Crippen molar-refractivity contribution in [3.05, 3.63) is 34.3 Å². The SMILES string of the molecule is COC(=O)c1cccc(Cl)c1CBr. The second-order valence-electron chi connectivity index (χ2n) is 2.39. The van der Waals surface area contributed by atoms with Gasteiger partial charge in [0.05, 0.1) is 12.7 Å². The fourth-order valence-electron chi connectivity index (χ4n) is 0.996. The first kappa shape index (κ1) is 10.5. The highest BCUT2D eigenvalue weighted by atomic mass is 79.9. The Balaban J connectivity index is 3.20. The molecule has 13 heavy (non-hydrogen) atoms. The predicted molar refractivity (Wildman–Crippen MR) is 55.4 cm³/mol. The van der Waals surface area contributed by atoms with E-state index >= 15 is 0 Å². The fraction of sp³-hybridized carbons (Fsp3) is 0.222. The van der Waals surface area contributed by atoms with Gasteiger partial charge in [-0.25, -0.2) is 4.79 Å². The third kappa shape index (κ3) is 2.23. The zero-order valence-corrected chi connectivity index (χ0v) is 9.35. The van der Waals surface area contributed by atoms with Crippen molar-refractivity contribution < 1.29 is 9.53 Å². The molecule has 1 aromatic rings. The smallest absolute Gasteiger partial charge is 0.338 e. The third-order valence-electron chi connectivity index (χ3n) is 1.66. The molecule has 0 unspecified atom stereocenters. The van der Waals surface area contributed by atoms with E-state index in [1.807, 2.05) is 0 Å². The molecule has 0 heterocycles. The van der Waals surface area contributed by atoms with Crippen LogP contribution >= 0.6 is 27.5 Å². The Hall–Kier alpha value is -0.540. The Morgan fingerprint density at radius 3 is 2.85 bits per heavy atom. The molecule has 0 radical (unpaired) electrons. The first-order valence-corrected chi connectivity index (χ1v) is 5.12. The number of carbonyl (C=O) groups is 1. The molecule has 2 nitrogen and oxygen atoms in total. The van der Waals surface area contributed by atoms with Crippen LogP contribution in [0.5, 0.6) is 0 Å². The summed E-state index contributed by atoms with van der Waals surface area (Å²) in [6.45, 7) is 0. The van der Waals surface area contributed by atoms with Crippen LogP contribution in [0.4, 0.5) is 0 Å². The van der Waals surface area contributed by atoms with Crippen molar-refractivity contribution in [2.45, 2.75) is 5.33 Å². The number of methoxy groups -OCH3 is 1. The van der Waals surface area contributed by atoms with Gasteiger partial charge in [0.15, 0.2) is 0 Å². The van der Waals surface area contributed by atoms with E-state index in [1.54, 1.807) is 18.2 Å². The first-order valence-electron chi connectivity index (χ1n) is 3.62. The summed E-state index contributed by atoms with van der Waals surface area (Å²) in [5.74, 6) is -0.364. The van der Waals surface area contributed by atoms with Crippen LogP contribution in [-0.4, -0.2) is 13.1 Å². The molecule has 4 heteroatoms. The first-order chi connectivity index (χ1) is 6.20. The van der Waals surface area contributed by atoms with Crippen LogP contribution in [0.1, 0.15) is 15.9 Å². The van der Waals surface area contributed by atoms with Crippen LogP contribution in [-0.2, 0) is 10.1 Å². The maximum atomic E-state index is 11.2. The van der Waals surface area contributed by atoms with Crippen LogP contribution in [0.15, 0.2) is 18.2 Å². The molecule has 1 rings (SSSR count). The standard InChI is InChI=1S/C9H8BrClO2/c1-13-9(12)6-3-2-4-8(11)7(6)5-10/h2-4H,5H2,1H3. The van der Waals surface area contributed by atoms with Gasteiger partial charge in [-0.3, -0.25) is 0 Å². The molecule has 0 saturated carbocycles. The monoisotopic (exact) mass is 262 g/mol. The highest BCUT2D eigenvalue weighted by Gasteiger charge is 2.12. The van der Waals surface area contributed by atoms with Gasteiger partial charge in [-0.05, 0) is 17.7 Å². The van der Waals surface area contributed by atoms with Crippen LogP contribution < -0.4 is 0 Å². The number of hydrogen-bond donors (Lipinski definition) is 0. The Kier molecular flexibility index (Phi) is 3.75. The van der Waals surface area contributed by atoms with Gasteiger partial charge in [-0.15, -0.1) is 0 Å². The summed E-state index contributed by atoms with van der Waals surface area (Å²) in [7, 11) is 1.35. The van der Waals surface area contributed by atoms with E-state index in [-0.39, 0.29) is 5.97 Å². The second-order valence-corrected chi connectivity index (χ2v) is 3.36. The van der Waals surface area contributed by atoms with E-state index in [0.29, 0.717) is 15.9 Å². The van der Waals surface area contributed by atoms with Gasteiger partial charge in [-0.1, -0.05) is 33.6 Å². The van der Waals surface area contributed by atoms with E-state index in [4.69, 9.17) is 11.6 Å². The van der Waals surface area contributed by atoms with Gasteiger partial charge in [-0.2, -0.15) is 0 Å². The number of benzene rings is 1. The molecule has 0 spiro atoms. The van der Waals surface area contributed by atoms with Crippen molar-refractivity contribution in [1.82, 2.24) is 0 Å². The van der Waals surface area contributed by atoms with Crippen molar-refractivity contribution in [1.29, 1.82) is 0 Å². The molecule has 0 saturated heterocycles. The van der Waals surface area contributed by atoms with Gasteiger partial charge in [0.2, 0.25) is 0 Å². The number of rotatable bonds is 2. The molecule has 0 bridgehead atoms. The number of ether oxygens (including phenoxy) is 1. The molecule has 0 aromatic heterocycles. The van der Waals surface area contributed by atoms with Gasteiger partial charge >= 0.3 is 5.97 Å². The van der Waals surface area contributed by atoms with Crippen molar-refractivity contribution >= 4 is 33.5 Å². The molecule has 1 aromatic carbocycles. The maximum Gasteiger partial charge on any atom is 0.338 e. The van der Waals surface area contributed by atoms with E-state index in [9.17, 15) is 4.79 Å². The highest BCUT2D eigenvalue weighted by Crippen LogP contribution is 2.22. The lowest BCUT2D eigenvalue weighted by atomic mass is 10.1. The van der Waals surface area contributed by atoms with Crippen molar-refractivity contribution in [2.75, 3.05) is 7.11 Å². The maximum absolute atomic E-state index is 11.2. The lowest BCUT2D eigenvalue weighted by Crippen LogP contribution is -2.04. The molecular formula is C9H8BrClO2. The number of esters is 1. The fourth-order valence-corrected chi connectivity index (χ4v) is 2.00. The Morgan fingerprint density at radius 1 is 1.62 bits per heavy atom. The molecular weight excluding hydrogens is 255 g/mol. The summed E-state index contributed by atoms with van der Waals surface area (Å²) in [6, 6.07) is 5.15. The van der Waals surface area contributed by atoms with E-state index in [1.165, 1.54) is 7.11 Å². The van der Waals surface area contributed by atoms with Crippen LogP contribution in [0.3, 0.4) is 0 Å². The lowest BCUT2D eigenvalue weighted by Gasteiger charge is -2.06. The van der Waals surface area contributed by atoms with Crippen LogP contribution in [0.2, 0.25) is 5.02 Å². The summed E-state index contributed by atoms with van der Waals surface area (Å²) >= 11 is 9.16. The minimum atomic E-state index is -0.364. The summed E-state index contributed by atoms with van der Waals surface area (Å²) in [4.78, 5) is 11.2.